The molecule has 0 amide bonds. The molecule has 2 aromatic rings. The van der Waals surface area contributed by atoms with Crippen molar-refractivity contribution in [2.24, 2.45) is 0 Å². The third-order valence-corrected chi connectivity index (χ3v) is 3.59. The van der Waals surface area contributed by atoms with Crippen molar-refractivity contribution in [1.82, 2.24) is 4.98 Å². The van der Waals surface area contributed by atoms with E-state index in [9.17, 15) is 5.26 Å². The van der Waals surface area contributed by atoms with E-state index >= 15 is 0 Å². The molecule has 0 spiro atoms. The summed E-state index contributed by atoms with van der Waals surface area (Å²) < 4.78 is 0.984. The van der Waals surface area contributed by atoms with Crippen molar-refractivity contribution >= 4 is 38.1 Å². The highest BCUT2D eigenvalue weighted by atomic mass is 79.9. The van der Waals surface area contributed by atoms with Crippen LogP contribution in [0.1, 0.15) is 16.7 Å². The molecule has 2 nitrogen and oxygen atoms in total. The highest BCUT2D eigenvalue weighted by Crippen LogP contribution is 2.31. The summed E-state index contributed by atoms with van der Waals surface area (Å²) in [6.45, 7) is 1.96. The Labute approximate surface area is 125 Å². The lowest BCUT2D eigenvalue weighted by Gasteiger charge is -2.08. The summed E-state index contributed by atoms with van der Waals surface area (Å²) in [5.41, 5.74) is 3.01. The van der Waals surface area contributed by atoms with Gasteiger partial charge in [0.2, 0.25) is 0 Å². The molecule has 0 aliphatic heterocycles. The summed E-state index contributed by atoms with van der Waals surface area (Å²) in [7, 11) is 0. The van der Waals surface area contributed by atoms with Crippen LogP contribution in [0.25, 0.3) is 10.6 Å². The van der Waals surface area contributed by atoms with Gasteiger partial charge in [0, 0.05) is 22.4 Å². The first-order chi connectivity index (χ1) is 9.13. The Kier molecular flexibility index (Phi) is 4.36. The predicted molar refractivity (Wildman–Crippen MR) is 81.4 cm³/mol. The van der Waals surface area contributed by atoms with Gasteiger partial charge >= 0.3 is 0 Å². The summed E-state index contributed by atoms with van der Waals surface area (Å²) >= 11 is 9.79. The van der Waals surface area contributed by atoms with Gasteiger partial charge in [-0.1, -0.05) is 39.7 Å². The number of aryl methyl sites for hydroxylation is 1. The first-order valence-corrected chi connectivity index (χ1v) is 6.77. The predicted octanol–water partition coefficient (Wildman–Crippen LogP) is 4.78. The van der Waals surface area contributed by atoms with Gasteiger partial charge in [0.1, 0.15) is 6.07 Å². The zero-order chi connectivity index (χ0) is 13.8. The molecule has 1 aromatic heterocycles. The molecule has 19 heavy (non-hydrogen) atoms. The second kappa shape index (κ2) is 6.01. The lowest BCUT2D eigenvalue weighted by Crippen LogP contribution is -1.90. The summed E-state index contributed by atoms with van der Waals surface area (Å²) in [6.07, 6.45) is 3.30. The zero-order valence-electron chi connectivity index (χ0n) is 10.2. The van der Waals surface area contributed by atoms with Crippen LogP contribution in [0.4, 0.5) is 0 Å². The van der Waals surface area contributed by atoms with Crippen LogP contribution in [0.3, 0.4) is 0 Å². The lowest BCUT2D eigenvalue weighted by molar-refractivity contribution is 1.31. The number of nitriles is 1. The quantitative estimate of drug-likeness (QED) is 0.741. The molecule has 0 aliphatic rings. The van der Waals surface area contributed by atoms with Gasteiger partial charge in [-0.05, 0) is 36.2 Å². The van der Waals surface area contributed by atoms with Crippen LogP contribution in [-0.4, -0.2) is 4.98 Å². The highest BCUT2D eigenvalue weighted by Gasteiger charge is 2.11. The first-order valence-electron chi connectivity index (χ1n) is 5.60. The lowest BCUT2D eigenvalue weighted by atomic mass is 10.0. The molecule has 4 heteroatoms. The summed E-state index contributed by atoms with van der Waals surface area (Å²) in [4.78, 5) is 4.01. The van der Waals surface area contributed by atoms with E-state index in [1.807, 2.05) is 31.2 Å². The van der Waals surface area contributed by atoms with E-state index in [0.717, 1.165) is 21.2 Å². The van der Waals surface area contributed by atoms with Crippen LogP contribution < -0.4 is 0 Å². The van der Waals surface area contributed by atoms with Crippen LogP contribution >= 0.6 is 27.5 Å². The maximum absolute atomic E-state index is 9.33. The fraction of sp³-hybridized carbons (Fsp3) is 0.0667. The van der Waals surface area contributed by atoms with E-state index in [-0.39, 0.29) is 0 Å². The van der Waals surface area contributed by atoms with E-state index in [0.29, 0.717) is 10.6 Å². The Morgan fingerprint density at radius 1 is 1.37 bits per heavy atom. The van der Waals surface area contributed by atoms with Gasteiger partial charge in [-0.15, -0.1) is 0 Å². The van der Waals surface area contributed by atoms with Crippen LogP contribution in [0.15, 0.2) is 47.2 Å². The maximum Gasteiger partial charge on any atom is 0.101 e. The molecule has 0 saturated heterocycles. The number of benzene rings is 1. The van der Waals surface area contributed by atoms with Gasteiger partial charge in [-0.2, -0.15) is 5.26 Å². The van der Waals surface area contributed by atoms with Crippen molar-refractivity contribution in [2.45, 2.75) is 6.92 Å². The van der Waals surface area contributed by atoms with Gasteiger partial charge in [0.15, 0.2) is 0 Å². The number of halogens is 2. The molecule has 0 unspecified atom stereocenters. The minimum absolute atomic E-state index is 0.431. The SMILES string of the molecule is Cc1cc(Br)ccc1/C(Cl)=C(/C#N)c1cccnc1. The number of pyridine rings is 1. The molecule has 0 atom stereocenters. The van der Waals surface area contributed by atoms with E-state index < -0.39 is 0 Å². The first kappa shape index (κ1) is 13.8. The normalized spacial score (nSPS) is 11.7. The van der Waals surface area contributed by atoms with Gasteiger partial charge < -0.3 is 0 Å². The standard InChI is InChI=1S/C15H10BrClN2/c1-10-7-12(16)4-5-13(10)15(17)14(8-18)11-3-2-6-19-9-11/h2-7,9H,1H3/b15-14+. The van der Waals surface area contributed by atoms with E-state index in [4.69, 9.17) is 11.6 Å². The van der Waals surface area contributed by atoms with Crippen molar-refractivity contribution in [2.75, 3.05) is 0 Å². The molecule has 0 N–H and O–H groups in total. The second-order valence-corrected chi connectivity index (χ2v) is 5.30. The average Bonchev–Trinajstić information content (AvgIpc) is 2.40. The molecule has 0 saturated carbocycles. The van der Waals surface area contributed by atoms with E-state index in [1.54, 1.807) is 18.5 Å². The molecule has 0 radical (unpaired) electrons. The molecular formula is C15H10BrClN2. The van der Waals surface area contributed by atoms with Gasteiger partial charge in [-0.25, -0.2) is 0 Å². The smallest absolute Gasteiger partial charge is 0.101 e. The molecule has 0 aliphatic carbocycles. The maximum atomic E-state index is 9.33. The van der Waals surface area contributed by atoms with Crippen molar-refractivity contribution in [3.63, 3.8) is 0 Å². The summed E-state index contributed by atoms with van der Waals surface area (Å²) in [5.74, 6) is 0. The summed E-state index contributed by atoms with van der Waals surface area (Å²) in [6, 6.07) is 11.5. The molecular weight excluding hydrogens is 324 g/mol. The number of hydrogen-bond acceptors (Lipinski definition) is 2. The van der Waals surface area contributed by atoms with Crippen LogP contribution in [0.2, 0.25) is 0 Å². The third-order valence-electron chi connectivity index (χ3n) is 2.71. The molecule has 1 heterocycles. The largest absolute Gasteiger partial charge is 0.264 e. The van der Waals surface area contributed by atoms with E-state index in [2.05, 4.69) is 27.0 Å². The van der Waals surface area contributed by atoms with Crippen molar-refractivity contribution in [3.8, 4) is 6.07 Å². The minimum atomic E-state index is 0.431. The minimum Gasteiger partial charge on any atom is -0.264 e. The van der Waals surface area contributed by atoms with Gasteiger partial charge in [0.05, 0.1) is 10.6 Å². The van der Waals surface area contributed by atoms with Gasteiger partial charge in [0.25, 0.3) is 0 Å². The average molecular weight is 334 g/mol. The van der Waals surface area contributed by atoms with Crippen molar-refractivity contribution < 1.29 is 0 Å². The number of aromatic nitrogens is 1. The summed E-state index contributed by atoms with van der Waals surface area (Å²) in [5, 5.41) is 9.77. The molecule has 0 fully saturated rings. The fourth-order valence-corrected chi connectivity index (χ4v) is 2.60. The third kappa shape index (κ3) is 3.04. The molecule has 1 aromatic carbocycles. The second-order valence-electron chi connectivity index (χ2n) is 4.00. The van der Waals surface area contributed by atoms with Crippen molar-refractivity contribution in [3.05, 3.63) is 63.9 Å². The zero-order valence-corrected chi connectivity index (χ0v) is 12.5. The topological polar surface area (TPSA) is 36.7 Å². The Morgan fingerprint density at radius 2 is 2.16 bits per heavy atom. The highest BCUT2D eigenvalue weighted by molar-refractivity contribution is 9.10. The number of hydrogen-bond donors (Lipinski definition) is 0. The Morgan fingerprint density at radius 3 is 2.74 bits per heavy atom. The van der Waals surface area contributed by atoms with E-state index in [1.165, 1.54) is 0 Å². The van der Waals surface area contributed by atoms with Crippen molar-refractivity contribution in [1.29, 1.82) is 5.26 Å². The molecule has 2 rings (SSSR count). The van der Waals surface area contributed by atoms with Crippen LogP contribution in [0.5, 0.6) is 0 Å². The number of allylic oxidation sites excluding steroid dienone is 1. The van der Waals surface area contributed by atoms with Crippen LogP contribution in [-0.2, 0) is 0 Å². The fourth-order valence-electron chi connectivity index (χ4n) is 1.76. The molecule has 94 valence electrons. The molecule has 0 bridgehead atoms. The Hall–Kier alpha value is -1.63. The number of rotatable bonds is 2. The Bertz CT molecular complexity index is 672. The number of nitrogens with zero attached hydrogens (tertiary/aromatic N) is 2. The monoisotopic (exact) mass is 332 g/mol. The Balaban J connectivity index is 2.59. The van der Waals surface area contributed by atoms with Gasteiger partial charge in [-0.3, -0.25) is 4.98 Å². The van der Waals surface area contributed by atoms with Crippen LogP contribution in [0, 0.1) is 18.3 Å².